The smallest absolute Gasteiger partial charge is 0.238 e. The maximum absolute atomic E-state index is 12.1. The summed E-state index contributed by atoms with van der Waals surface area (Å²) >= 11 is 13.8. The minimum Gasteiger partial charge on any atom is -0.397 e. The van der Waals surface area contributed by atoms with Crippen molar-refractivity contribution >= 4 is 52.2 Å². The Kier molecular flexibility index (Phi) is 5.84. The summed E-state index contributed by atoms with van der Waals surface area (Å²) in [5.74, 6) is 2.12. The molecular formula is C13H17Cl2N3OS. The van der Waals surface area contributed by atoms with Crippen LogP contribution in [0.3, 0.4) is 0 Å². The summed E-state index contributed by atoms with van der Waals surface area (Å²) in [6.45, 7) is 2.24. The third kappa shape index (κ3) is 4.45. The van der Waals surface area contributed by atoms with Gasteiger partial charge in [0.25, 0.3) is 0 Å². The zero-order valence-corrected chi connectivity index (χ0v) is 13.3. The average molecular weight is 334 g/mol. The molecule has 1 heterocycles. The van der Waals surface area contributed by atoms with Gasteiger partial charge in [0.2, 0.25) is 5.91 Å². The molecule has 1 saturated heterocycles. The van der Waals surface area contributed by atoms with E-state index in [-0.39, 0.29) is 5.91 Å². The molecule has 1 aromatic carbocycles. The minimum absolute atomic E-state index is 0.104. The number of nitrogens with one attached hydrogen (secondary N) is 1. The summed E-state index contributed by atoms with van der Waals surface area (Å²) in [4.78, 5) is 14.2. The molecule has 4 nitrogen and oxygen atoms in total. The molecule has 1 aromatic rings. The minimum atomic E-state index is -0.104. The van der Waals surface area contributed by atoms with Gasteiger partial charge >= 0.3 is 0 Å². The third-order valence-electron chi connectivity index (χ3n) is 3.03. The number of carbonyl (C=O) groups is 1. The number of hydrogen-bond donors (Lipinski definition) is 2. The van der Waals surface area contributed by atoms with Crippen molar-refractivity contribution in [2.45, 2.75) is 6.42 Å². The molecule has 2 rings (SSSR count). The summed E-state index contributed by atoms with van der Waals surface area (Å²) in [6, 6.07) is 3.14. The van der Waals surface area contributed by atoms with E-state index in [9.17, 15) is 4.79 Å². The molecule has 7 heteroatoms. The number of nitrogens with two attached hydrogens (primary N) is 1. The van der Waals surface area contributed by atoms with Gasteiger partial charge in [-0.2, -0.15) is 11.8 Å². The van der Waals surface area contributed by atoms with E-state index < -0.39 is 0 Å². The van der Waals surface area contributed by atoms with Crippen molar-refractivity contribution in [3.63, 3.8) is 0 Å². The second-order valence-corrected chi connectivity index (χ2v) is 6.71. The van der Waals surface area contributed by atoms with Crippen LogP contribution >= 0.6 is 35.0 Å². The molecule has 0 unspecified atom stereocenters. The number of nitrogen functional groups attached to an aromatic ring is 1. The maximum atomic E-state index is 12.1. The number of halogens is 2. The van der Waals surface area contributed by atoms with Crippen LogP contribution in [0.1, 0.15) is 6.42 Å². The molecule has 1 aliphatic rings. The third-order valence-corrected chi connectivity index (χ3v) is 4.60. The lowest BCUT2D eigenvalue weighted by Crippen LogP contribution is -2.34. The molecule has 0 saturated carbocycles. The molecule has 20 heavy (non-hydrogen) atoms. The van der Waals surface area contributed by atoms with Crippen molar-refractivity contribution in [1.82, 2.24) is 4.90 Å². The van der Waals surface area contributed by atoms with Crippen LogP contribution in [0, 0.1) is 0 Å². The second kappa shape index (κ2) is 7.41. The lowest BCUT2D eigenvalue weighted by molar-refractivity contribution is -0.117. The van der Waals surface area contributed by atoms with E-state index in [2.05, 4.69) is 10.2 Å². The summed E-state index contributed by atoms with van der Waals surface area (Å²) in [7, 11) is 0. The van der Waals surface area contributed by atoms with Gasteiger partial charge in [-0.15, -0.1) is 0 Å². The van der Waals surface area contributed by atoms with Gasteiger partial charge < -0.3 is 11.1 Å². The molecule has 0 atom stereocenters. The first-order chi connectivity index (χ1) is 9.56. The lowest BCUT2D eigenvalue weighted by Gasteiger charge is -2.19. The number of amides is 1. The summed E-state index contributed by atoms with van der Waals surface area (Å²) in [5, 5.41) is 3.58. The van der Waals surface area contributed by atoms with E-state index in [0.717, 1.165) is 31.0 Å². The van der Waals surface area contributed by atoms with E-state index in [1.165, 1.54) is 0 Å². The van der Waals surface area contributed by atoms with Crippen LogP contribution in [0.15, 0.2) is 12.1 Å². The van der Waals surface area contributed by atoms with Gasteiger partial charge in [0, 0.05) is 17.3 Å². The number of hydrogen-bond acceptors (Lipinski definition) is 4. The molecule has 1 aliphatic heterocycles. The first-order valence-electron chi connectivity index (χ1n) is 6.41. The van der Waals surface area contributed by atoms with Crippen molar-refractivity contribution in [2.24, 2.45) is 0 Å². The Balaban J connectivity index is 1.97. The van der Waals surface area contributed by atoms with E-state index in [4.69, 9.17) is 28.9 Å². The fraction of sp³-hybridized carbons (Fsp3) is 0.462. The molecule has 3 N–H and O–H groups in total. The number of carbonyl (C=O) groups excluding carboxylic acids is 1. The molecule has 1 amide bonds. The van der Waals surface area contributed by atoms with Gasteiger partial charge in [0.15, 0.2) is 0 Å². The van der Waals surface area contributed by atoms with Crippen molar-refractivity contribution in [3.8, 4) is 0 Å². The molecule has 0 aliphatic carbocycles. The first-order valence-corrected chi connectivity index (χ1v) is 8.32. The van der Waals surface area contributed by atoms with Gasteiger partial charge in [0.05, 0.1) is 22.9 Å². The fourth-order valence-electron chi connectivity index (χ4n) is 2.06. The van der Waals surface area contributed by atoms with Crippen LogP contribution in [0.4, 0.5) is 11.4 Å². The van der Waals surface area contributed by atoms with Crippen LogP contribution in [0.25, 0.3) is 0 Å². The van der Waals surface area contributed by atoms with Crippen molar-refractivity contribution in [3.05, 3.63) is 22.2 Å². The van der Waals surface area contributed by atoms with Crippen molar-refractivity contribution < 1.29 is 4.79 Å². The summed E-state index contributed by atoms with van der Waals surface area (Å²) in [5.41, 5.74) is 6.64. The molecule has 0 radical (unpaired) electrons. The molecule has 110 valence electrons. The summed E-state index contributed by atoms with van der Waals surface area (Å²) < 4.78 is 0. The standard InChI is InChI=1S/C13H17Cl2N3OS/c14-9-6-10(15)13(11(16)7-9)17-12(19)8-18-2-1-4-20-5-3-18/h6-7H,1-5,8,16H2,(H,17,19). The van der Waals surface area contributed by atoms with Gasteiger partial charge in [-0.05, 0) is 30.9 Å². The quantitative estimate of drug-likeness (QED) is 0.835. The van der Waals surface area contributed by atoms with Gasteiger partial charge in [-0.3, -0.25) is 9.69 Å². The van der Waals surface area contributed by atoms with Gasteiger partial charge in [-0.1, -0.05) is 23.2 Å². The van der Waals surface area contributed by atoms with E-state index in [0.29, 0.717) is 28.0 Å². The number of thioether (sulfide) groups is 1. The molecule has 0 spiro atoms. The Hall–Kier alpha value is -0.620. The fourth-order valence-corrected chi connectivity index (χ4v) is 3.54. The molecule has 0 aromatic heterocycles. The number of nitrogens with zero attached hydrogens (tertiary/aromatic N) is 1. The monoisotopic (exact) mass is 333 g/mol. The average Bonchev–Trinajstić information content (AvgIpc) is 2.62. The van der Waals surface area contributed by atoms with Crippen molar-refractivity contribution in [2.75, 3.05) is 42.2 Å². The number of benzene rings is 1. The second-order valence-electron chi connectivity index (χ2n) is 4.64. The number of anilines is 2. The predicted octanol–water partition coefficient (Wildman–Crippen LogP) is 2.95. The highest BCUT2D eigenvalue weighted by Crippen LogP contribution is 2.31. The lowest BCUT2D eigenvalue weighted by atomic mass is 10.2. The first kappa shape index (κ1) is 15.8. The Bertz CT molecular complexity index is 467. The predicted molar refractivity (Wildman–Crippen MR) is 87.9 cm³/mol. The van der Waals surface area contributed by atoms with Crippen LogP contribution in [-0.2, 0) is 4.79 Å². The van der Waals surface area contributed by atoms with Gasteiger partial charge in [0.1, 0.15) is 0 Å². The Morgan fingerprint density at radius 1 is 1.35 bits per heavy atom. The van der Waals surface area contributed by atoms with Crippen LogP contribution in [0.2, 0.25) is 10.0 Å². The molecule has 1 fully saturated rings. The largest absolute Gasteiger partial charge is 0.397 e. The summed E-state index contributed by atoms with van der Waals surface area (Å²) in [6.07, 6.45) is 1.11. The Morgan fingerprint density at radius 3 is 2.90 bits per heavy atom. The normalized spacial score (nSPS) is 16.7. The van der Waals surface area contributed by atoms with Gasteiger partial charge in [-0.25, -0.2) is 0 Å². The van der Waals surface area contributed by atoms with Crippen molar-refractivity contribution in [1.29, 1.82) is 0 Å². The highest BCUT2D eigenvalue weighted by Gasteiger charge is 2.15. The SMILES string of the molecule is Nc1cc(Cl)cc(Cl)c1NC(=O)CN1CCCSCC1. The van der Waals surface area contributed by atoms with E-state index in [1.807, 2.05) is 11.8 Å². The molecular weight excluding hydrogens is 317 g/mol. The highest BCUT2D eigenvalue weighted by atomic mass is 35.5. The topological polar surface area (TPSA) is 58.4 Å². The Morgan fingerprint density at radius 2 is 2.15 bits per heavy atom. The van der Waals surface area contributed by atoms with Crippen LogP contribution in [-0.4, -0.2) is 41.9 Å². The van der Waals surface area contributed by atoms with Crippen LogP contribution < -0.4 is 11.1 Å². The highest BCUT2D eigenvalue weighted by molar-refractivity contribution is 7.99. The van der Waals surface area contributed by atoms with E-state index >= 15 is 0 Å². The maximum Gasteiger partial charge on any atom is 0.238 e. The Labute approximate surface area is 133 Å². The number of rotatable bonds is 3. The zero-order chi connectivity index (χ0) is 14.5. The molecule has 0 bridgehead atoms. The van der Waals surface area contributed by atoms with Crippen LogP contribution in [0.5, 0.6) is 0 Å². The van der Waals surface area contributed by atoms with E-state index in [1.54, 1.807) is 12.1 Å². The zero-order valence-electron chi connectivity index (χ0n) is 11.0.